The molecule has 142 valence electrons. The lowest BCUT2D eigenvalue weighted by molar-refractivity contribution is -0.113. The van der Waals surface area contributed by atoms with Crippen LogP contribution in [0, 0.1) is 0 Å². The van der Waals surface area contributed by atoms with Crippen molar-refractivity contribution in [3.63, 3.8) is 0 Å². The first-order chi connectivity index (χ1) is 13.5. The van der Waals surface area contributed by atoms with Gasteiger partial charge in [0.2, 0.25) is 11.5 Å². The monoisotopic (exact) mass is 393 g/mol. The lowest BCUT2D eigenvalue weighted by Gasteiger charge is -2.11. The van der Waals surface area contributed by atoms with Crippen LogP contribution in [0.4, 0.5) is 5.69 Å². The zero-order chi connectivity index (χ0) is 19.7. The topological polar surface area (TPSA) is 88.0 Å². The number of hydrogen-bond donors (Lipinski definition) is 2. The van der Waals surface area contributed by atoms with Gasteiger partial charge in [0.05, 0.1) is 11.3 Å². The van der Waals surface area contributed by atoms with Crippen molar-refractivity contribution in [2.24, 2.45) is 0 Å². The van der Waals surface area contributed by atoms with Crippen LogP contribution < -0.4 is 10.9 Å². The van der Waals surface area contributed by atoms with E-state index < -0.39 is 0 Å². The number of nitrogens with zero attached hydrogens (tertiary/aromatic N) is 1. The number of rotatable bonds is 5. The van der Waals surface area contributed by atoms with E-state index in [1.807, 2.05) is 50.2 Å². The van der Waals surface area contributed by atoms with E-state index in [1.165, 1.54) is 11.8 Å². The van der Waals surface area contributed by atoms with Crippen molar-refractivity contribution in [2.45, 2.75) is 25.0 Å². The summed E-state index contributed by atoms with van der Waals surface area (Å²) in [4.78, 5) is 31.4. The standard InChI is InChI=1S/C21H19N3O3S/c1-12(2)15-10-19(25)23-17-9-13(7-8-14(15)17)22-20(26)11-28-21-24-16-5-3-4-6-18(16)27-21/h3-10,12H,11H2,1-2H3,(H,22,26)(H,23,25). The fourth-order valence-electron chi connectivity index (χ4n) is 3.08. The quantitative estimate of drug-likeness (QED) is 0.487. The number of carbonyl (C=O) groups excluding carboxylic acids is 1. The predicted molar refractivity (Wildman–Crippen MR) is 112 cm³/mol. The smallest absolute Gasteiger partial charge is 0.257 e. The van der Waals surface area contributed by atoms with E-state index in [0.717, 1.165) is 16.5 Å². The third-order valence-corrected chi connectivity index (χ3v) is 5.21. The van der Waals surface area contributed by atoms with Crippen LogP contribution in [0.1, 0.15) is 25.3 Å². The van der Waals surface area contributed by atoms with E-state index in [2.05, 4.69) is 15.3 Å². The van der Waals surface area contributed by atoms with E-state index in [1.54, 1.807) is 12.1 Å². The lowest BCUT2D eigenvalue weighted by Crippen LogP contribution is -2.14. The molecule has 4 rings (SSSR count). The van der Waals surface area contributed by atoms with Crippen LogP contribution in [0.25, 0.3) is 22.0 Å². The van der Waals surface area contributed by atoms with Crippen LogP contribution in [-0.2, 0) is 4.79 Å². The molecule has 0 aliphatic rings. The van der Waals surface area contributed by atoms with Crippen molar-refractivity contribution < 1.29 is 9.21 Å². The molecule has 0 radical (unpaired) electrons. The predicted octanol–water partition coefficient (Wildman–Crippen LogP) is 4.52. The first-order valence-corrected chi connectivity index (χ1v) is 9.93. The molecule has 4 aromatic rings. The van der Waals surface area contributed by atoms with E-state index in [9.17, 15) is 9.59 Å². The van der Waals surface area contributed by atoms with Gasteiger partial charge in [-0.2, -0.15) is 0 Å². The average Bonchev–Trinajstić information content (AvgIpc) is 3.08. The van der Waals surface area contributed by atoms with Gasteiger partial charge < -0.3 is 14.7 Å². The third-order valence-electron chi connectivity index (χ3n) is 4.38. The molecule has 1 amide bonds. The van der Waals surface area contributed by atoms with Gasteiger partial charge in [0, 0.05) is 17.1 Å². The highest BCUT2D eigenvalue weighted by atomic mass is 32.2. The Morgan fingerprint density at radius 1 is 1.21 bits per heavy atom. The molecular weight excluding hydrogens is 374 g/mol. The Morgan fingerprint density at radius 2 is 2.04 bits per heavy atom. The molecule has 2 N–H and O–H groups in total. The van der Waals surface area contributed by atoms with Crippen molar-refractivity contribution in [3.8, 4) is 0 Å². The fraction of sp³-hybridized carbons (Fsp3) is 0.190. The molecule has 0 aliphatic heterocycles. The van der Waals surface area contributed by atoms with Crippen LogP contribution >= 0.6 is 11.8 Å². The molecule has 0 spiro atoms. The van der Waals surface area contributed by atoms with Crippen LogP contribution in [0.3, 0.4) is 0 Å². The molecule has 0 saturated heterocycles. The third kappa shape index (κ3) is 3.80. The van der Waals surface area contributed by atoms with Gasteiger partial charge in [-0.15, -0.1) is 0 Å². The summed E-state index contributed by atoms with van der Waals surface area (Å²) in [5.74, 6) is 0.236. The SMILES string of the molecule is CC(C)c1cc(=O)[nH]c2cc(NC(=O)CSc3nc4ccccc4o3)ccc12. The molecule has 0 atom stereocenters. The number of benzene rings is 2. The summed E-state index contributed by atoms with van der Waals surface area (Å²) in [7, 11) is 0. The zero-order valence-corrected chi connectivity index (χ0v) is 16.3. The summed E-state index contributed by atoms with van der Waals surface area (Å²) >= 11 is 1.24. The van der Waals surface area contributed by atoms with Gasteiger partial charge in [-0.25, -0.2) is 4.98 Å². The second kappa shape index (κ2) is 7.52. The van der Waals surface area contributed by atoms with Gasteiger partial charge in [-0.05, 0) is 35.7 Å². The number of fused-ring (bicyclic) bond motifs is 2. The summed E-state index contributed by atoms with van der Waals surface area (Å²) in [6.45, 7) is 4.10. The molecule has 2 aromatic heterocycles. The molecular formula is C21H19N3O3S. The fourth-order valence-corrected chi connectivity index (χ4v) is 3.72. The molecule has 0 saturated carbocycles. The molecule has 2 heterocycles. The van der Waals surface area contributed by atoms with Crippen LogP contribution in [-0.4, -0.2) is 21.6 Å². The number of hydrogen-bond acceptors (Lipinski definition) is 5. The number of aromatic nitrogens is 2. The number of carbonyl (C=O) groups is 1. The number of oxazole rings is 1. The Bertz CT molecular complexity index is 1190. The van der Waals surface area contributed by atoms with Crippen molar-refractivity contribution in [1.29, 1.82) is 0 Å². The Kier molecular flexibility index (Phi) is 4.92. The molecule has 0 fully saturated rings. The molecule has 2 aromatic carbocycles. The van der Waals surface area contributed by atoms with E-state index >= 15 is 0 Å². The number of H-pyrrole nitrogens is 1. The summed E-state index contributed by atoms with van der Waals surface area (Å²) in [5.41, 5.74) is 3.65. The van der Waals surface area contributed by atoms with Crippen molar-refractivity contribution in [2.75, 3.05) is 11.1 Å². The Balaban J connectivity index is 1.48. The summed E-state index contributed by atoms with van der Waals surface area (Å²) in [5, 5.41) is 4.29. The first-order valence-electron chi connectivity index (χ1n) is 8.95. The van der Waals surface area contributed by atoms with Gasteiger partial charge in [0.1, 0.15) is 5.52 Å². The van der Waals surface area contributed by atoms with Gasteiger partial charge in [0.15, 0.2) is 5.58 Å². The molecule has 28 heavy (non-hydrogen) atoms. The van der Waals surface area contributed by atoms with Crippen molar-refractivity contribution >= 4 is 45.4 Å². The molecule has 6 nitrogen and oxygen atoms in total. The van der Waals surface area contributed by atoms with E-state index in [0.29, 0.717) is 22.0 Å². The molecule has 0 unspecified atom stereocenters. The van der Waals surface area contributed by atoms with E-state index in [-0.39, 0.29) is 23.1 Å². The number of nitrogens with one attached hydrogen (secondary N) is 2. The Morgan fingerprint density at radius 3 is 2.82 bits per heavy atom. The maximum Gasteiger partial charge on any atom is 0.257 e. The largest absolute Gasteiger partial charge is 0.431 e. The number of para-hydroxylation sites is 2. The lowest BCUT2D eigenvalue weighted by atomic mass is 9.99. The van der Waals surface area contributed by atoms with Gasteiger partial charge in [-0.1, -0.05) is 43.8 Å². The van der Waals surface area contributed by atoms with Crippen molar-refractivity contribution in [3.05, 3.63) is 64.4 Å². The minimum atomic E-state index is -0.172. The molecule has 0 bridgehead atoms. The number of amides is 1. The normalized spacial score (nSPS) is 11.4. The van der Waals surface area contributed by atoms with Crippen LogP contribution in [0.15, 0.2) is 63.0 Å². The van der Waals surface area contributed by atoms with Crippen LogP contribution in [0.5, 0.6) is 0 Å². The first kappa shape index (κ1) is 18.3. The molecule has 0 aliphatic carbocycles. The number of aromatic amines is 1. The Labute approximate surface area is 165 Å². The maximum absolute atomic E-state index is 12.3. The van der Waals surface area contributed by atoms with Crippen molar-refractivity contribution in [1.82, 2.24) is 9.97 Å². The van der Waals surface area contributed by atoms with Gasteiger partial charge in [-0.3, -0.25) is 9.59 Å². The average molecular weight is 393 g/mol. The highest BCUT2D eigenvalue weighted by Gasteiger charge is 2.11. The van der Waals surface area contributed by atoms with Gasteiger partial charge in [0.25, 0.3) is 5.22 Å². The highest BCUT2D eigenvalue weighted by Crippen LogP contribution is 2.26. The minimum absolute atomic E-state index is 0.147. The second-order valence-corrected chi connectivity index (χ2v) is 7.71. The second-order valence-electron chi connectivity index (χ2n) is 6.79. The number of thioether (sulfide) groups is 1. The highest BCUT2D eigenvalue weighted by molar-refractivity contribution is 7.99. The minimum Gasteiger partial charge on any atom is -0.431 e. The molecule has 7 heteroatoms. The van der Waals surface area contributed by atoms with E-state index in [4.69, 9.17) is 4.42 Å². The summed E-state index contributed by atoms with van der Waals surface area (Å²) in [6.07, 6.45) is 0. The number of pyridine rings is 1. The summed E-state index contributed by atoms with van der Waals surface area (Å²) in [6, 6.07) is 14.6. The summed E-state index contributed by atoms with van der Waals surface area (Å²) < 4.78 is 5.61. The zero-order valence-electron chi connectivity index (χ0n) is 15.5. The van der Waals surface area contributed by atoms with Gasteiger partial charge >= 0.3 is 0 Å². The Hall–Kier alpha value is -3.06. The maximum atomic E-state index is 12.3. The number of anilines is 1. The van der Waals surface area contributed by atoms with Crippen LogP contribution in [0.2, 0.25) is 0 Å².